The van der Waals surface area contributed by atoms with Crippen LogP contribution in [0.25, 0.3) is 33.5 Å². The van der Waals surface area contributed by atoms with Crippen LogP contribution >= 0.6 is 11.6 Å². The SMILES string of the molecule is Cn1ccc(-c2nc(N)c(C(=O)O)nc2-c2cc(Cl)c3ncccc3c2)n1. The maximum absolute atomic E-state index is 11.5. The fourth-order valence-corrected chi connectivity index (χ4v) is 3.09. The molecule has 4 aromatic rings. The molecule has 8 nitrogen and oxygen atoms in total. The number of anilines is 1. The third kappa shape index (κ3) is 2.96. The number of carboxylic acids is 1. The number of aromatic nitrogens is 5. The lowest BCUT2D eigenvalue weighted by atomic mass is 10.0. The Bertz CT molecular complexity index is 1200. The minimum Gasteiger partial charge on any atom is -0.476 e. The molecule has 0 bridgehead atoms. The molecule has 3 N–H and O–H groups in total. The number of aromatic carboxylic acids is 1. The maximum atomic E-state index is 11.5. The quantitative estimate of drug-likeness (QED) is 0.560. The Morgan fingerprint density at radius 1 is 1.22 bits per heavy atom. The van der Waals surface area contributed by atoms with E-state index in [1.165, 1.54) is 0 Å². The molecule has 0 radical (unpaired) electrons. The molecule has 3 heterocycles. The molecular formula is C18H13ClN6O2. The van der Waals surface area contributed by atoms with Crippen molar-refractivity contribution in [2.75, 3.05) is 5.73 Å². The summed E-state index contributed by atoms with van der Waals surface area (Å²) in [6.45, 7) is 0. The number of hydrogen-bond donors (Lipinski definition) is 2. The number of hydrogen-bond acceptors (Lipinski definition) is 6. The van der Waals surface area contributed by atoms with Crippen LogP contribution in [0.5, 0.6) is 0 Å². The summed E-state index contributed by atoms with van der Waals surface area (Å²) in [6.07, 6.45) is 3.40. The fourth-order valence-electron chi connectivity index (χ4n) is 2.81. The summed E-state index contributed by atoms with van der Waals surface area (Å²) in [5.41, 5.74) is 7.94. The van der Waals surface area contributed by atoms with Crippen LogP contribution in [0.2, 0.25) is 5.02 Å². The number of rotatable bonds is 3. The highest BCUT2D eigenvalue weighted by Gasteiger charge is 2.21. The number of carboxylic acid groups (broad SMARTS) is 1. The molecule has 0 amide bonds. The van der Waals surface area contributed by atoms with E-state index in [9.17, 15) is 9.90 Å². The van der Waals surface area contributed by atoms with E-state index in [1.807, 2.05) is 12.1 Å². The summed E-state index contributed by atoms with van der Waals surface area (Å²) < 4.78 is 1.61. The smallest absolute Gasteiger partial charge is 0.358 e. The number of nitrogens with two attached hydrogens (primary N) is 1. The highest BCUT2D eigenvalue weighted by molar-refractivity contribution is 6.35. The Morgan fingerprint density at radius 2 is 2.04 bits per heavy atom. The van der Waals surface area contributed by atoms with Crippen molar-refractivity contribution in [1.82, 2.24) is 24.7 Å². The van der Waals surface area contributed by atoms with Gasteiger partial charge in [-0.05, 0) is 24.3 Å². The first-order valence-electron chi connectivity index (χ1n) is 7.89. The van der Waals surface area contributed by atoms with Crippen molar-refractivity contribution in [3.63, 3.8) is 0 Å². The van der Waals surface area contributed by atoms with Crippen molar-refractivity contribution in [2.24, 2.45) is 7.05 Å². The number of nitrogens with zero attached hydrogens (tertiary/aromatic N) is 5. The van der Waals surface area contributed by atoms with Gasteiger partial charge >= 0.3 is 5.97 Å². The average Bonchev–Trinajstić information content (AvgIpc) is 3.07. The number of nitrogen functional groups attached to an aromatic ring is 1. The van der Waals surface area contributed by atoms with Crippen molar-refractivity contribution < 1.29 is 9.90 Å². The summed E-state index contributed by atoms with van der Waals surface area (Å²) >= 11 is 6.38. The van der Waals surface area contributed by atoms with E-state index in [2.05, 4.69) is 20.1 Å². The van der Waals surface area contributed by atoms with Gasteiger partial charge in [0.25, 0.3) is 0 Å². The number of fused-ring (bicyclic) bond motifs is 1. The second-order valence-corrected chi connectivity index (χ2v) is 6.27. The van der Waals surface area contributed by atoms with E-state index in [0.717, 1.165) is 5.39 Å². The van der Waals surface area contributed by atoms with Crippen molar-refractivity contribution in [2.45, 2.75) is 0 Å². The Hall–Kier alpha value is -3.52. The minimum absolute atomic E-state index is 0.180. The molecule has 0 aliphatic rings. The van der Waals surface area contributed by atoms with E-state index in [4.69, 9.17) is 17.3 Å². The number of carbonyl (C=O) groups is 1. The lowest BCUT2D eigenvalue weighted by Gasteiger charge is -2.11. The van der Waals surface area contributed by atoms with Crippen LogP contribution in [0.15, 0.2) is 42.7 Å². The highest BCUT2D eigenvalue weighted by Crippen LogP contribution is 2.34. The first kappa shape index (κ1) is 16.9. The molecule has 0 fully saturated rings. The minimum atomic E-state index is -1.26. The van der Waals surface area contributed by atoms with Gasteiger partial charge in [-0.25, -0.2) is 14.8 Å². The standard InChI is InChI=1S/C18H13ClN6O2/c1-25-6-4-12(24-25)15-14(22-16(18(26)27)17(20)23-15)10-7-9-3-2-5-21-13(9)11(19)8-10/h2-8H,1H3,(H2,20,23)(H,26,27). The second-order valence-electron chi connectivity index (χ2n) is 5.87. The summed E-state index contributed by atoms with van der Waals surface area (Å²) in [7, 11) is 1.77. The normalized spacial score (nSPS) is 11.0. The van der Waals surface area contributed by atoms with Crippen LogP contribution in [0.1, 0.15) is 10.5 Å². The molecule has 4 rings (SSSR count). The summed E-state index contributed by atoms with van der Waals surface area (Å²) in [4.78, 5) is 24.3. The van der Waals surface area contributed by atoms with E-state index in [0.29, 0.717) is 33.2 Å². The van der Waals surface area contributed by atoms with Crippen molar-refractivity contribution in [3.8, 4) is 22.6 Å². The molecule has 0 aliphatic carbocycles. The maximum Gasteiger partial charge on any atom is 0.358 e. The second kappa shape index (κ2) is 6.33. The van der Waals surface area contributed by atoms with Gasteiger partial charge in [-0.2, -0.15) is 5.10 Å². The molecule has 0 aliphatic heterocycles. The van der Waals surface area contributed by atoms with Crippen molar-refractivity contribution in [3.05, 3.63) is 53.4 Å². The third-order valence-electron chi connectivity index (χ3n) is 4.01. The van der Waals surface area contributed by atoms with E-state index >= 15 is 0 Å². The van der Waals surface area contributed by atoms with Crippen LogP contribution in [0.4, 0.5) is 5.82 Å². The van der Waals surface area contributed by atoms with Gasteiger partial charge in [0, 0.05) is 30.4 Å². The molecule has 27 heavy (non-hydrogen) atoms. The average molecular weight is 381 g/mol. The van der Waals surface area contributed by atoms with Crippen LogP contribution in [-0.2, 0) is 7.05 Å². The zero-order valence-electron chi connectivity index (χ0n) is 14.1. The molecule has 0 saturated carbocycles. The van der Waals surface area contributed by atoms with Crippen molar-refractivity contribution >= 4 is 34.3 Å². The largest absolute Gasteiger partial charge is 0.476 e. The monoisotopic (exact) mass is 380 g/mol. The molecule has 0 spiro atoms. The molecule has 1 aromatic carbocycles. The lowest BCUT2D eigenvalue weighted by Crippen LogP contribution is -2.10. The zero-order valence-corrected chi connectivity index (χ0v) is 14.8. The van der Waals surface area contributed by atoms with Gasteiger partial charge in [-0.3, -0.25) is 9.67 Å². The molecule has 3 aromatic heterocycles. The Balaban J connectivity index is 2.03. The Labute approximate surface area is 158 Å². The number of pyridine rings is 1. The molecule has 0 saturated heterocycles. The summed E-state index contributed by atoms with van der Waals surface area (Å²) in [6, 6.07) is 8.90. The van der Waals surface area contributed by atoms with Gasteiger partial charge in [-0.15, -0.1) is 0 Å². The van der Waals surface area contributed by atoms with Crippen molar-refractivity contribution in [1.29, 1.82) is 0 Å². The zero-order chi connectivity index (χ0) is 19.1. The lowest BCUT2D eigenvalue weighted by molar-refractivity contribution is 0.0691. The van der Waals surface area contributed by atoms with Gasteiger partial charge < -0.3 is 10.8 Å². The highest BCUT2D eigenvalue weighted by atomic mass is 35.5. The molecular weight excluding hydrogens is 368 g/mol. The van der Waals surface area contributed by atoms with Crippen LogP contribution in [0.3, 0.4) is 0 Å². The summed E-state index contributed by atoms with van der Waals surface area (Å²) in [5.74, 6) is -1.44. The van der Waals surface area contributed by atoms with E-state index in [-0.39, 0.29) is 11.5 Å². The first-order chi connectivity index (χ1) is 12.9. The fraction of sp³-hybridized carbons (Fsp3) is 0.0556. The Morgan fingerprint density at radius 3 is 2.74 bits per heavy atom. The van der Waals surface area contributed by atoms with Gasteiger partial charge in [0.05, 0.1) is 16.2 Å². The van der Waals surface area contributed by atoms with Gasteiger partial charge in [0.15, 0.2) is 11.5 Å². The van der Waals surface area contributed by atoms with Crippen LogP contribution in [0, 0.1) is 0 Å². The van der Waals surface area contributed by atoms with Gasteiger partial charge in [0.1, 0.15) is 11.4 Å². The first-order valence-corrected chi connectivity index (χ1v) is 8.27. The van der Waals surface area contributed by atoms with E-state index in [1.54, 1.807) is 42.3 Å². The van der Waals surface area contributed by atoms with E-state index < -0.39 is 5.97 Å². The number of aryl methyl sites for hydroxylation is 1. The Kier molecular flexibility index (Phi) is 3.97. The summed E-state index contributed by atoms with van der Waals surface area (Å²) in [5, 5.41) is 14.9. The van der Waals surface area contributed by atoms with Crippen LogP contribution in [-0.4, -0.2) is 35.8 Å². The molecule has 0 atom stereocenters. The number of halogens is 1. The van der Waals surface area contributed by atoms with Gasteiger partial charge in [0.2, 0.25) is 0 Å². The third-order valence-corrected chi connectivity index (χ3v) is 4.30. The predicted octanol–water partition coefficient (Wildman–Crippen LogP) is 3.03. The molecule has 0 unspecified atom stereocenters. The molecule has 134 valence electrons. The van der Waals surface area contributed by atoms with Crippen LogP contribution < -0.4 is 5.73 Å². The molecule has 9 heteroatoms. The number of benzene rings is 1. The topological polar surface area (TPSA) is 120 Å². The van der Waals surface area contributed by atoms with Gasteiger partial charge in [-0.1, -0.05) is 17.7 Å². The predicted molar refractivity (Wildman–Crippen MR) is 101 cm³/mol.